The molecule has 6 heteroatoms. The van der Waals surface area contributed by atoms with Gasteiger partial charge >= 0.3 is 0 Å². The Morgan fingerprint density at radius 1 is 1.11 bits per heavy atom. The first-order valence-corrected chi connectivity index (χ1v) is 9.50. The van der Waals surface area contributed by atoms with Crippen molar-refractivity contribution in [2.24, 2.45) is 0 Å². The second kappa shape index (κ2) is 8.25. The number of anilines is 1. The fourth-order valence-corrected chi connectivity index (χ4v) is 3.20. The predicted molar refractivity (Wildman–Crippen MR) is 111 cm³/mol. The van der Waals surface area contributed by atoms with Crippen molar-refractivity contribution in [1.82, 2.24) is 14.9 Å². The highest BCUT2D eigenvalue weighted by Gasteiger charge is 2.19. The summed E-state index contributed by atoms with van der Waals surface area (Å²) in [6.45, 7) is 7.77. The number of aromatic nitrogens is 2. The summed E-state index contributed by atoms with van der Waals surface area (Å²) in [6.07, 6.45) is 0.400. The van der Waals surface area contributed by atoms with Crippen LogP contribution in [0.3, 0.4) is 0 Å². The molecule has 1 unspecified atom stereocenters. The van der Waals surface area contributed by atoms with Crippen LogP contribution >= 0.6 is 0 Å². The maximum absolute atomic E-state index is 12.8. The first kappa shape index (κ1) is 19.6. The molecule has 0 aliphatic rings. The van der Waals surface area contributed by atoms with Gasteiger partial charge in [-0.25, -0.2) is 4.98 Å². The van der Waals surface area contributed by atoms with Crippen LogP contribution in [0.25, 0.3) is 11.0 Å². The number of nitrogens with one attached hydrogen (secondary N) is 2. The fraction of sp³-hybridized carbons (Fsp3) is 0.318. The second-order valence-electron chi connectivity index (χ2n) is 7.05. The molecule has 2 N–H and O–H groups in total. The third kappa shape index (κ3) is 4.22. The molecule has 0 radical (unpaired) electrons. The van der Waals surface area contributed by atoms with Gasteiger partial charge < -0.3 is 15.2 Å². The van der Waals surface area contributed by atoms with E-state index < -0.39 is 0 Å². The molecule has 1 heterocycles. The first-order chi connectivity index (χ1) is 13.4. The summed E-state index contributed by atoms with van der Waals surface area (Å²) in [7, 11) is 0. The zero-order valence-electron chi connectivity index (χ0n) is 16.7. The molecule has 6 nitrogen and oxygen atoms in total. The molecule has 0 spiro atoms. The third-order valence-corrected chi connectivity index (χ3v) is 4.74. The van der Waals surface area contributed by atoms with Crippen LogP contribution in [0.15, 0.2) is 42.5 Å². The van der Waals surface area contributed by atoms with Gasteiger partial charge in [-0.1, -0.05) is 31.2 Å². The van der Waals surface area contributed by atoms with E-state index in [1.54, 1.807) is 0 Å². The molecule has 0 aliphatic carbocycles. The molecule has 1 aromatic heterocycles. The fourth-order valence-electron chi connectivity index (χ4n) is 3.20. The van der Waals surface area contributed by atoms with E-state index in [0.29, 0.717) is 12.2 Å². The molecular weight excluding hydrogens is 352 g/mol. The van der Waals surface area contributed by atoms with E-state index in [2.05, 4.69) is 15.6 Å². The standard InChI is InChI=1S/C22H26N4O2/c1-5-20(27)23-16(4)22-25-17-8-6-7-9-19(17)26(22)13-21(28)24-18-12-14(2)10-11-15(18)3/h6-12,16H,5,13H2,1-4H3,(H,23,27)(H,24,28). The van der Waals surface area contributed by atoms with Gasteiger partial charge in [-0.05, 0) is 50.1 Å². The maximum Gasteiger partial charge on any atom is 0.244 e. The summed E-state index contributed by atoms with van der Waals surface area (Å²) >= 11 is 0. The SMILES string of the molecule is CCC(=O)NC(C)c1nc2ccccc2n1CC(=O)Nc1cc(C)ccc1C. The van der Waals surface area contributed by atoms with E-state index in [-0.39, 0.29) is 24.4 Å². The van der Waals surface area contributed by atoms with Crippen LogP contribution in [-0.2, 0) is 16.1 Å². The molecule has 0 aliphatic heterocycles. The number of amides is 2. The molecule has 2 amide bonds. The van der Waals surface area contributed by atoms with E-state index in [9.17, 15) is 9.59 Å². The van der Waals surface area contributed by atoms with Gasteiger partial charge in [0.1, 0.15) is 12.4 Å². The molecule has 1 atom stereocenters. The highest BCUT2D eigenvalue weighted by molar-refractivity contribution is 5.92. The Balaban J connectivity index is 1.90. The second-order valence-corrected chi connectivity index (χ2v) is 7.05. The highest BCUT2D eigenvalue weighted by Crippen LogP contribution is 2.22. The van der Waals surface area contributed by atoms with Crippen LogP contribution in [0.2, 0.25) is 0 Å². The van der Waals surface area contributed by atoms with Crippen molar-refractivity contribution in [3.63, 3.8) is 0 Å². The van der Waals surface area contributed by atoms with Crippen molar-refractivity contribution in [2.45, 2.75) is 46.7 Å². The number of para-hydroxylation sites is 2. The van der Waals surface area contributed by atoms with Gasteiger partial charge in [0.25, 0.3) is 0 Å². The van der Waals surface area contributed by atoms with Crippen molar-refractivity contribution in [3.05, 3.63) is 59.4 Å². The molecule has 146 valence electrons. The zero-order chi connectivity index (χ0) is 20.3. The number of benzene rings is 2. The summed E-state index contributed by atoms with van der Waals surface area (Å²) < 4.78 is 1.87. The lowest BCUT2D eigenvalue weighted by molar-refractivity contribution is -0.121. The average Bonchev–Trinajstić information content (AvgIpc) is 3.03. The van der Waals surface area contributed by atoms with E-state index in [0.717, 1.165) is 27.8 Å². The molecule has 0 saturated carbocycles. The van der Waals surface area contributed by atoms with Gasteiger partial charge in [-0.15, -0.1) is 0 Å². The minimum absolute atomic E-state index is 0.0501. The number of aryl methyl sites for hydroxylation is 2. The van der Waals surface area contributed by atoms with Gasteiger partial charge in [0.2, 0.25) is 11.8 Å². The smallest absolute Gasteiger partial charge is 0.244 e. The Morgan fingerprint density at radius 2 is 1.86 bits per heavy atom. The molecular formula is C22H26N4O2. The van der Waals surface area contributed by atoms with Crippen LogP contribution in [-0.4, -0.2) is 21.4 Å². The van der Waals surface area contributed by atoms with Crippen LogP contribution in [0.4, 0.5) is 5.69 Å². The lowest BCUT2D eigenvalue weighted by atomic mass is 10.1. The molecule has 3 aromatic rings. The van der Waals surface area contributed by atoms with Crippen LogP contribution in [0.1, 0.15) is 43.3 Å². The zero-order valence-corrected chi connectivity index (χ0v) is 16.7. The van der Waals surface area contributed by atoms with Crippen molar-refractivity contribution in [2.75, 3.05) is 5.32 Å². The minimum atomic E-state index is -0.298. The number of nitrogens with zero attached hydrogens (tertiary/aromatic N) is 2. The molecule has 0 saturated heterocycles. The number of carbonyl (C=O) groups excluding carboxylic acids is 2. The van der Waals surface area contributed by atoms with Crippen LogP contribution in [0.5, 0.6) is 0 Å². The summed E-state index contributed by atoms with van der Waals surface area (Å²) in [5.41, 5.74) is 4.58. The Morgan fingerprint density at radius 3 is 2.61 bits per heavy atom. The molecule has 0 bridgehead atoms. The predicted octanol–water partition coefficient (Wildman–Crippen LogP) is 3.88. The van der Waals surface area contributed by atoms with Gasteiger partial charge in [0.15, 0.2) is 0 Å². The summed E-state index contributed by atoms with van der Waals surface area (Å²) in [5, 5.41) is 5.93. The Bertz CT molecular complexity index is 1020. The molecule has 0 fully saturated rings. The number of carbonyl (C=O) groups is 2. The molecule has 28 heavy (non-hydrogen) atoms. The largest absolute Gasteiger partial charge is 0.346 e. The van der Waals surface area contributed by atoms with Crippen molar-refractivity contribution < 1.29 is 9.59 Å². The van der Waals surface area contributed by atoms with E-state index in [4.69, 9.17) is 0 Å². The first-order valence-electron chi connectivity index (χ1n) is 9.50. The van der Waals surface area contributed by atoms with E-state index in [1.807, 2.05) is 74.7 Å². The normalized spacial score (nSPS) is 12.0. The summed E-state index contributed by atoms with van der Waals surface area (Å²) in [5.74, 6) is 0.483. The number of fused-ring (bicyclic) bond motifs is 1. The minimum Gasteiger partial charge on any atom is -0.346 e. The lowest BCUT2D eigenvalue weighted by Gasteiger charge is -2.16. The van der Waals surface area contributed by atoms with Gasteiger partial charge in [-0.3, -0.25) is 9.59 Å². The number of hydrogen-bond acceptors (Lipinski definition) is 3. The van der Waals surface area contributed by atoms with Crippen LogP contribution in [0, 0.1) is 13.8 Å². The van der Waals surface area contributed by atoms with E-state index in [1.165, 1.54) is 0 Å². The highest BCUT2D eigenvalue weighted by atomic mass is 16.2. The number of imidazole rings is 1. The molecule has 2 aromatic carbocycles. The van der Waals surface area contributed by atoms with Gasteiger partial charge in [-0.2, -0.15) is 0 Å². The Hall–Kier alpha value is -3.15. The quantitative estimate of drug-likeness (QED) is 0.683. The average molecular weight is 378 g/mol. The van der Waals surface area contributed by atoms with Crippen molar-refractivity contribution >= 4 is 28.5 Å². The Labute approximate surface area is 165 Å². The van der Waals surface area contributed by atoms with Gasteiger partial charge in [0.05, 0.1) is 17.1 Å². The van der Waals surface area contributed by atoms with Gasteiger partial charge in [0, 0.05) is 12.1 Å². The van der Waals surface area contributed by atoms with Crippen molar-refractivity contribution in [3.8, 4) is 0 Å². The summed E-state index contributed by atoms with van der Waals surface area (Å²) in [6, 6.07) is 13.3. The maximum atomic E-state index is 12.8. The third-order valence-electron chi connectivity index (χ3n) is 4.74. The topological polar surface area (TPSA) is 76.0 Å². The van der Waals surface area contributed by atoms with Crippen molar-refractivity contribution in [1.29, 1.82) is 0 Å². The lowest BCUT2D eigenvalue weighted by Crippen LogP contribution is -2.29. The summed E-state index contributed by atoms with van der Waals surface area (Å²) in [4.78, 5) is 29.3. The van der Waals surface area contributed by atoms with E-state index >= 15 is 0 Å². The number of rotatable bonds is 6. The van der Waals surface area contributed by atoms with Crippen LogP contribution < -0.4 is 10.6 Å². The monoisotopic (exact) mass is 378 g/mol. The molecule has 3 rings (SSSR count). The Kier molecular flexibility index (Phi) is 5.78. The number of hydrogen-bond donors (Lipinski definition) is 2.